The SMILES string of the molecule is C[C@H](C(=O)N(C)Cc1ccc(OC(F)F)cc1)S(C)(=O)=O. The summed E-state index contributed by atoms with van der Waals surface area (Å²) in [7, 11) is -1.97. The number of hydrogen-bond acceptors (Lipinski definition) is 4. The Kier molecular flexibility index (Phi) is 5.65. The van der Waals surface area contributed by atoms with Gasteiger partial charge in [0.05, 0.1) is 0 Å². The van der Waals surface area contributed by atoms with Gasteiger partial charge in [-0.15, -0.1) is 0 Å². The number of ether oxygens (including phenoxy) is 1. The van der Waals surface area contributed by atoms with Crippen LogP contribution in [-0.4, -0.2) is 44.4 Å². The number of halogens is 2. The zero-order chi connectivity index (χ0) is 16.2. The summed E-state index contributed by atoms with van der Waals surface area (Å²) in [5.74, 6) is -0.502. The predicted octanol–water partition coefficient (Wildman–Crippen LogP) is 1.68. The van der Waals surface area contributed by atoms with Crippen LogP contribution in [0.5, 0.6) is 5.75 Å². The smallest absolute Gasteiger partial charge is 0.387 e. The summed E-state index contributed by atoms with van der Waals surface area (Å²) < 4.78 is 50.9. The van der Waals surface area contributed by atoms with Crippen LogP contribution in [0.3, 0.4) is 0 Å². The van der Waals surface area contributed by atoms with Crippen molar-refractivity contribution in [2.75, 3.05) is 13.3 Å². The molecule has 1 rings (SSSR count). The van der Waals surface area contributed by atoms with Gasteiger partial charge in [0, 0.05) is 19.8 Å². The minimum atomic E-state index is -3.45. The number of sulfone groups is 1. The van der Waals surface area contributed by atoms with E-state index in [2.05, 4.69) is 4.74 Å². The van der Waals surface area contributed by atoms with Gasteiger partial charge in [-0.1, -0.05) is 12.1 Å². The Morgan fingerprint density at radius 1 is 1.29 bits per heavy atom. The van der Waals surface area contributed by atoms with Crippen LogP contribution >= 0.6 is 0 Å². The molecule has 0 N–H and O–H groups in total. The van der Waals surface area contributed by atoms with E-state index in [1.165, 1.54) is 43.1 Å². The minimum Gasteiger partial charge on any atom is -0.435 e. The molecule has 5 nitrogen and oxygen atoms in total. The van der Waals surface area contributed by atoms with E-state index >= 15 is 0 Å². The number of carbonyl (C=O) groups excluding carboxylic acids is 1. The highest BCUT2D eigenvalue weighted by Crippen LogP contribution is 2.16. The number of amides is 1. The maximum Gasteiger partial charge on any atom is 0.387 e. The Labute approximate surface area is 122 Å². The van der Waals surface area contributed by atoms with Gasteiger partial charge in [-0.3, -0.25) is 4.79 Å². The monoisotopic (exact) mass is 321 g/mol. The van der Waals surface area contributed by atoms with Crippen molar-refractivity contribution in [3.8, 4) is 5.75 Å². The highest BCUT2D eigenvalue weighted by Gasteiger charge is 2.26. The Morgan fingerprint density at radius 3 is 2.24 bits per heavy atom. The van der Waals surface area contributed by atoms with Crippen LogP contribution in [-0.2, 0) is 21.2 Å². The van der Waals surface area contributed by atoms with Gasteiger partial charge < -0.3 is 9.64 Å². The van der Waals surface area contributed by atoms with E-state index in [-0.39, 0.29) is 12.3 Å². The lowest BCUT2D eigenvalue weighted by atomic mass is 10.2. The molecule has 118 valence electrons. The van der Waals surface area contributed by atoms with E-state index in [1.807, 2.05) is 0 Å². The molecule has 0 aromatic heterocycles. The van der Waals surface area contributed by atoms with Crippen molar-refractivity contribution in [3.05, 3.63) is 29.8 Å². The largest absolute Gasteiger partial charge is 0.435 e. The third-order valence-corrected chi connectivity index (χ3v) is 4.42. The molecule has 1 aromatic carbocycles. The van der Waals surface area contributed by atoms with E-state index in [1.54, 1.807) is 0 Å². The van der Waals surface area contributed by atoms with Crippen LogP contribution in [0, 0.1) is 0 Å². The van der Waals surface area contributed by atoms with Crippen LogP contribution in [0.4, 0.5) is 8.78 Å². The van der Waals surface area contributed by atoms with Gasteiger partial charge in [0.1, 0.15) is 11.0 Å². The number of carbonyl (C=O) groups is 1. The molecule has 0 fully saturated rings. The van der Waals surface area contributed by atoms with Crippen LogP contribution in [0.1, 0.15) is 12.5 Å². The fourth-order valence-corrected chi connectivity index (χ4v) is 2.17. The highest BCUT2D eigenvalue weighted by atomic mass is 32.2. The molecule has 1 amide bonds. The summed E-state index contributed by atoms with van der Waals surface area (Å²) in [6.07, 6.45) is 1.000. The lowest BCUT2D eigenvalue weighted by Gasteiger charge is -2.20. The summed E-state index contributed by atoms with van der Waals surface area (Å²) >= 11 is 0. The number of hydrogen-bond donors (Lipinski definition) is 0. The van der Waals surface area contributed by atoms with Crippen LogP contribution in [0.2, 0.25) is 0 Å². The lowest BCUT2D eigenvalue weighted by molar-refractivity contribution is -0.129. The normalized spacial score (nSPS) is 13.0. The zero-order valence-electron chi connectivity index (χ0n) is 11.9. The fraction of sp³-hybridized carbons (Fsp3) is 0.462. The Hall–Kier alpha value is -1.70. The van der Waals surface area contributed by atoms with Gasteiger partial charge >= 0.3 is 6.61 Å². The molecule has 1 aromatic rings. The minimum absolute atomic E-state index is 0.0206. The second-order valence-electron chi connectivity index (χ2n) is 4.69. The van der Waals surface area contributed by atoms with Crippen molar-refractivity contribution >= 4 is 15.7 Å². The number of benzene rings is 1. The first kappa shape index (κ1) is 17.4. The summed E-state index contributed by atoms with van der Waals surface area (Å²) in [6.45, 7) is -1.39. The van der Waals surface area contributed by atoms with Crippen molar-refractivity contribution in [1.82, 2.24) is 4.90 Å². The van der Waals surface area contributed by atoms with E-state index in [0.717, 1.165) is 6.26 Å². The third kappa shape index (κ3) is 5.30. The molecule has 0 radical (unpaired) electrons. The summed E-state index contributed by atoms with van der Waals surface area (Å²) in [6, 6.07) is 5.79. The molecule has 0 saturated carbocycles. The molecular formula is C13H17F2NO4S. The Balaban J connectivity index is 2.70. The summed E-state index contributed by atoms with van der Waals surface area (Å²) in [5.41, 5.74) is 0.674. The standard InChI is InChI=1S/C13H17F2NO4S/c1-9(21(3,18)19)12(17)16(2)8-10-4-6-11(7-5-10)20-13(14)15/h4-7,9,13H,8H2,1-3H3/t9-/m1/s1. The molecule has 0 aliphatic carbocycles. The molecule has 21 heavy (non-hydrogen) atoms. The quantitative estimate of drug-likeness (QED) is 0.800. The van der Waals surface area contributed by atoms with Crippen LogP contribution in [0.15, 0.2) is 24.3 Å². The van der Waals surface area contributed by atoms with Gasteiger partial charge in [0.25, 0.3) is 0 Å². The molecule has 0 unspecified atom stereocenters. The zero-order valence-corrected chi connectivity index (χ0v) is 12.7. The number of alkyl halides is 2. The first-order valence-corrected chi connectivity index (χ1v) is 8.04. The molecule has 0 aliphatic rings. The second-order valence-corrected chi connectivity index (χ2v) is 7.05. The second kappa shape index (κ2) is 6.84. The van der Waals surface area contributed by atoms with Gasteiger partial charge in [-0.05, 0) is 24.6 Å². The van der Waals surface area contributed by atoms with Crippen molar-refractivity contribution in [3.63, 3.8) is 0 Å². The van der Waals surface area contributed by atoms with Crippen molar-refractivity contribution < 1.29 is 26.7 Å². The molecule has 1 atom stereocenters. The van der Waals surface area contributed by atoms with Crippen molar-refractivity contribution in [1.29, 1.82) is 0 Å². The number of rotatable bonds is 6. The van der Waals surface area contributed by atoms with Crippen LogP contribution < -0.4 is 4.74 Å². The molecule has 0 heterocycles. The molecular weight excluding hydrogens is 304 g/mol. The first-order chi connectivity index (χ1) is 9.61. The van der Waals surface area contributed by atoms with E-state index in [0.29, 0.717) is 5.56 Å². The average Bonchev–Trinajstić information content (AvgIpc) is 2.37. The molecule has 0 spiro atoms. The van der Waals surface area contributed by atoms with Crippen LogP contribution in [0.25, 0.3) is 0 Å². The van der Waals surface area contributed by atoms with E-state index in [9.17, 15) is 22.0 Å². The topological polar surface area (TPSA) is 63.7 Å². The Morgan fingerprint density at radius 2 is 1.81 bits per heavy atom. The lowest BCUT2D eigenvalue weighted by Crippen LogP contribution is -2.38. The maximum atomic E-state index is 12.0. The van der Waals surface area contributed by atoms with Gasteiger partial charge in [0.2, 0.25) is 5.91 Å². The predicted molar refractivity (Wildman–Crippen MR) is 73.9 cm³/mol. The molecule has 8 heteroatoms. The average molecular weight is 321 g/mol. The Bertz CT molecular complexity index is 587. The fourth-order valence-electron chi connectivity index (χ4n) is 1.62. The van der Waals surface area contributed by atoms with E-state index in [4.69, 9.17) is 0 Å². The summed E-state index contributed by atoms with van der Waals surface area (Å²) in [4.78, 5) is 13.2. The first-order valence-electron chi connectivity index (χ1n) is 6.09. The maximum absolute atomic E-state index is 12.0. The number of nitrogens with zero attached hydrogens (tertiary/aromatic N) is 1. The van der Waals surface area contributed by atoms with E-state index < -0.39 is 27.6 Å². The van der Waals surface area contributed by atoms with Gasteiger partial charge in [-0.2, -0.15) is 8.78 Å². The molecule has 0 aliphatic heterocycles. The van der Waals surface area contributed by atoms with Gasteiger partial charge in [-0.25, -0.2) is 8.42 Å². The van der Waals surface area contributed by atoms with Gasteiger partial charge in [0.15, 0.2) is 9.84 Å². The van der Waals surface area contributed by atoms with Crippen molar-refractivity contribution in [2.45, 2.75) is 25.3 Å². The molecule has 0 saturated heterocycles. The summed E-state index contributed by atoms with van der Waals surface area (Å²) in [5, 5.41) is -1.12. The third-order valence-electron chi connectivity index (χ3n) is 2.93. The van der Waals surface area contributed by atoms with Crippen molar-refractivity contribution in [2.24, 2.45) is 0 Å². The molecule has 0 bridgehead atoms. The highest BCUT2D eigenvalue weighted by molar-refractivity contribution is 7.92.